The molecule has 0 fully saturated rings. The summed E-state index contributed by atoms with van der Waals surface area (Å²) in [6.07, 6.45) is 1.36. The van der Waals surface area contributed by atoms with E-state index in [2.05, 4.69) is 5.32 Å². The van der Waals surface area contributed by atoms with Gasteiger partial charge in [0.15, 0.2) is 0 Å². The van der Waals surface area contributed by atoms with Gasteiger partial charge in [0.2, 0.25) is 0 Å². The molecule has 0 bridgehead atoms. The summed E-state index contributed by atoms with van der Waals surface area (Å²) < 4.78 is 10.5. The molecule has 0 aliphatic heterocycles. The summed E-state index contributed by atoms with van der Waals surface area (Å²) in [5, 5.41) is 3.00. The van der Waals surface area contributed by atoms with E-state index in [-0.39, 0.29) is 18.6 Å². The molecule has 112 valence electrons. The minimum atomic E-state index is -0.239. The number of nitrogens with one attached hydrogen (secondary N) is 1. The lowest BCUT2D eigenvalue weighted by Gasteiger charge is -2.14. The van der Waals surface area contributed by atoms with E-state index in [4.69, 9.17) is 15.2 Å². The molecule has 0 saturated carbocycles. The number of nitrogens with two attached hydrogens (primary N) is 1. The highest BCUT2D eigenvalue weighted by molar-refractivity contribution is 5.71. The molecule has 0 unspecified atom stereocenters. The average molecular weight is 280 g/mol. The lowest BCUT2D eigenvalue weighted by Crippen LogP contribution is -2.29. The number of carbonyl (C=O) groups is 1. The zero-order valence-corrected chi connectivity index (χ0v) is 12.2. The Kier molecular flexibility index (Phi) is 7.69. The molecule has 5 heteroatoms. The number of ether oxygens (including phenoxy) is 2. The Morgan fingerprint density at radius 1 is 1.45 bits per heavy atom. The van der Waals surface area contributed by atoms with Crippen LogP contribution in [0.5, 0.6) is 5.75 Å². The lowest BCUT2D eigenvalue weighted by molar-refractivity contribution is -0.146. The fraction of sp³-hybridized carbons (Fsp3) is 0.533. The molecule has 0 heterocycles. The summed E-state index contributed by atoms with van der Waals surface area (Å²) in [5.74, 6) is 0.571. The summed E-state index contributed by atoms with van der Waals surface area (Å²) in [7, 11) is 1.63. The van der Waals surface area contributed by atoms with Crippen LogP contribution in [0.15, 0.2) is 24.3 Å². The zero-order valence-electron chi connectivity index (χ0n) is 12.2. The lowest BCUT2D eigenvalue weighted by atomic mass is 10.1. The largest absolute Gasteiger partial charge is 0.497 e. The van der Waals surface area contributed by atoms with Gasteiger partial charge in [-0.1, -0.05) is 12.1 Å². The molecule has 20 heavy (non-hydrogen) atoms. The SMILES string of the molecule is COc1cccc(C[C@H](C)OC(=O)CNCCCN)c1. The maximum absolute atomic E-state index is 11.6. The van der Waals surface area contributed by atoms with Gasteiger partial charge in [0.25, 0.3) is 0 Å². The number of rotatable bonds is 9. The van der Waals surface area contributed by atoms with Crippen molar-refractivity contribution in [2.75, 3.05) is 26.7 Å². The third kappa shape index (κ3) is 6.54. The molecule has 0 radical (unpaired) electrons. The van der Waals surface area contributed by atoms with Gasteiger partial charge in [-0.15, -0.1) is 0 Å². The van der Waals surface area contributed by atoms with Gasteiger partial charge < -0.3 is 20.5 Å². The van der Waals surface area contributed by atoms with Crippen molar-refractivity contribution in [2.24, 2.45) is 5.73 Å². The molecule has 0 aromatic heterocycles. The van der Waals surface area contributed by atoms with Gasteiger partial charge >= 0.3 is 5.97 Å². The van der Waals surface area contributed by atoms with Crippen molar-refractivity contribution in [1.29, 1.82) is 0 Å². The fourth-order valence-corrected chi connectivity index (χ4v) is 1.86. The first-order valence-electron chi connectivity index (χ1n) is 6.89. The third-order valence-corrected chi connectivity index (χ3v) is 2.82. The van der Waals surface area contributed by atoms with Crippen molar-refractivity contribution < 1.29 is 14.3 Å². The Morgan fingerprint density at radius 2 is 2.25 bits per heavy atom. The zero-order chi connectivity index (χ0) is 14.8. The molecular formula is C15H24N2O3. The molecule has 0 saturated heterocycles. The highest BCUT2D eigenvalue weighted by atomic mass is 16.5. The first kappa shape index (κ1) is 16.5. The van der Waals surface area contributed by atoms with E-state index in [1.54, 1.807) is 7.11 Å². The monoisotopic (exact) mass is 280 g/mol. The van der Waals surface area contributed by atoms with Gasteiger partial charge in [-0.3, -0.25) is 4.79 Å². The fourth-order valence-electron chi connectivity index (χ4n) is 1.86. The molecule has 1 atom stereocenters. The predicted molar refractivity (Wildman–Crippen MR) is 78.8 cm³/mol. The van der Waals surface area contributed by atoms with Crippen LogP contribution < -0.4 is 15.8 Å². The molecular weight excluding hydrogens is 256 g/mol. The van der Waals surface area contributed by atoms with Crippen molar-refractivity contribution in [3.05, 3.63) is 29.8 Å². The number of carbonyl (C=O) groups excluding carboxylic acids is 1. The smallest absolute Gasteiger partial charge is 0.320 e. The maximum Gasteiger partial charge on any atom is 0.320 e. The molecule has 0 aliphatic rings. The molecule has 0 amide bonds. The molecule has 5 nitrogen and oxygen atoms in total. The van der Waals surface area contributed by atoms with Crippen molar-refractivity contribution >= 4 is 5.97 Å². The molecule has 0 spiro atoms. The second-order valence-corrected chi connectivity index (χ2v) is 4.68. The van der Waals surface area contributed by atoms with Gasteiger partial charge in [-0.25, -0.2) is 0 Å². The second kappa shape index (κ2) is 9.34. The molecule has 3 N–H and O–H groups in total. The van der Waals surface area contributed by atoms with Crippen molar-refractivity contribution in [1.82, 2.24) is 5.32 Å². The van der Waals surface area contributed by atoms with Crippen LogP contribution >= 0.6 is 0 Å². The summed E-state index contributed by atoms with van der Waals surface area (Å²) >= 11 is 0. The number of benzene rings is 1. The van der Waals surface area contributed by atoms with E-state index in [0.717, 1.165) is 24.3 Å². The summed E-state index contributed by atoms with van der Waals surface area (Å²) in [5.41, 5.74) is 6.45. The predicted octanol–water partition coefficient (Wildman–Crippen LogP) is 1.11. The number of hydrogen-bond donors (Lipinski definition) is 2. The first-order chi connectivity index (χ1) is 9.65. The number of methoxy groups -OCH3 is 1. The van der Waals surface area contributed by atoms with Gasteiger partial charge in [0.1, 0.15) is 11.9 Å². The second-order valence-electron chi connectivity index (χ2n) is 4.68. The Hall–Kier alpha value is -1.59. The average Bonchev–Trinajstić information content (AvgIpc) is 2.43. The van der Waals surface area contributed by atoms with Crippen LogP contribution in [0.3, 0.4) is 0 Å². The minimum Gasteiger partial charge on any atom is -0.497 e. The molecule has 1 rings (SSSR count). The van der Waals surface area contributed by atoms with Crippen LogP contribution in [0.1, 0.15) is 18.9 Å². The van der Waals surface area contributed by atoms with Gasteiger partial charge in [0, 0.05) is 6.42 Å². The van der Waals surface area contributed by atoms with E-state index in [1.807, 2.05) is 31.2 Å². The standard InChI is InChI=1S/C15H24N2O3/c1-12(20-15(18)11-17-8-4-7-16)9-13-5-3-6-14(10-13)19-2/h3,5-6,10,12,17H,4,7-9,11,16H2,1-2H3/t12-/m0/s1. The van der Waals surface area contributed by atoms with Crippen LogP contribution in [-0.2, 0) is 16.0 Å². The van der Waals surface area contributed by atoms with Crippen LogP contribution in [0, 0.1) is 0 Å². The van der Waals surface area contributed by atoms with Crippen molar-refractivity contribution in [3.8, 4) is 5.75 Å². The molecule has 1 aromatic rings. The van der Waals surface area contributed by atoms with Crippen LogP contribution in [0.2, 0.25) is 0 Å². The van der Waals surface area contributed by atoms with E-state index in [9.17, 15) is 4.79 Å². The Balaban J connectivity index is 2.31. The van der Waals surface area contributed by atoms with E-state index >= 15 is 0 Å². The highest BCUT2D eigenvalue weighted by Gasteiger charge is 2.10. The van der Waals surface area contributed by atoms with Crippen LogP contribution in [0.4, 0.5) is 0 Å². The van der Waals surface area contributed by atoms with Gasteiger partial charge in [0.05, 0.1) is 13.7 Å². The third-order valence-electron chi connectivity index (χ3n) is 2.82. The molecule has 0 aliphatic carbocycles. The van der Waals surface area contributed by atoms with Crippen molar-refractivity contribution in [3.63, 3.8) is 0 Å². The van der Waals surface area contributed by atoms with Crippen LogP contribution in [-0.4, -0.2) is 38.8 Å². The molecule has 1 aromatic carbocycles. The van der Waals surface area contributed by atoms with E-state index < -0.39 is 0 Å². The van der Waals surface area contributed by atoms with Crippen molar-refractivity contribution in [2.45, 2.75) is 25.9 Å². The Bertz CT molecular complexity index is 410. The van der Waals surface area contributed by atoms with Gasteiger partial charge in [-0.05, 0) is 44.1 Å². The summed E-state index contributed by atoms with van der Waals surface area (Å²) in [6.45, 7) is 3.46. The maximum atomic E-state index is 11.6. The number of esters is 1. The number of hydrogen-bond acceptors (Lipinski definition) is 5. The van der Waals surface area contributed by atoms with Gasteiger partial charge in [-0.2, -0.15) is 0 Å². The summed E-state index contributed by atoms with van der Waals surface area (Å²) in [6, 6.07) is 7.76. The topological polar surface area (TPSA) is 73.6 Å². The summed E-state index contributed by atoms with van der Waals surface area (Å²) in [4.78, 5) is 11.6. The Labute approximate surface area is 120 Å². The normalized spacial score (nSPS) is 11.9. The van der Waals surface area contributed by atoms with E-state index in [1.165, 1.54) is 0 Å². The van der Waals surface area contributed by atoms with E-state index in [0.29, 0.717) is 13.0 Å². The highest BCUT2D eigenvalue weighted by Crippen LogP contribution is 2.14. The van der Waals surface area contributed by atoms with Crippen LogP contribution in [0.25, 0.3) is 0 Å². The Morgan fingerprint density at radius 3 is 2.95 bits per heavy atom. The minimum absolute atomic E-state index is 0.161. The quantitative estimate of drug-likeness (QED) is 0.523. The first-order valence-corrected chi connectivity index (χ1v) is 6.89.